The Balaban J connectivity index is 1.67. The predicted octanol–water partition coefficient (Wildman–Crippen LogP) is 2.97. The van der Waals surface area contributed by atoms with Gasteiger partial charge in [-0.05, 0) is 39.0 Å². The molecule has 0 aliphatic carbocycles. The first kappa shape index (κ1) is 17.7. The number of rotatable bonds is 1. The Labute approximate surface area is 148 Å². The van der Waals surface area contributed by atoms with Crippen molar-refractivity contribution in [3.05, 3.63) is 36.2 Å². The van der Waals surface area contributed by atoms with E-state index in [1.165, 1.54) is 0 Å². The summed E-state index contributed by atoms with van der Waals surface area (Å²) in [5, 5.41) is 10.3. The number of carbonyl (C=O) groups excluding carboxylic acids is 1. The maximum absolute atomic E-state index is 12.2. The molecular formula is C19H26N2O4. The Bertz CT molecular complexity index is 643. The molecule has 0 bridgehead atoms. The highest BCUT2D eigenvalue weighted by molar-refractivity contribution is 5.68. The Kier molecular flexibility index (Phi) is 4.73. The van der Waals surface area contributed by atoms with Gasteiger partial charge in [0.05, 0.1) is 6.10 Å². The Morgan fingerprint density at radius 1 is 1.36 bits per heavy atom. The average molecular weight is 346 g/mol. The van der Waals surface area contributed by atoms with Crippen LogP contribution in [0.15, 0.2) is 30.5 Å². The molecule has 6 heteroatoms. The first-order valence-corrected chi connectivity index (χ1v) is 8.75. The summed E-state index contributed by atoms with van der Waals surface area (Å²) in [6.07, 6.45) is 4.41. The summed E-state index contributed by atoms with van der Waals surface area (Å²) in [7, 11) is 0. The normalized spacial score (nSPS) is 23.0. The summed E-state index contributed by atoms with van der Waals surface area (Å²) in [4.78, 5) is 18.2. The third-order valence-electron chi connectivity index (χ3n) is 4.50. The lowest BCUT2D eigenvalue weighted by molar-refractivity contribution is -0.0603. The number of ether oxygens (including phenoxy) is 2. The van der Waals surface area contributed by atoms with Crippen molar-refractivity contribution < 1.29 is 19.4 Å². The van der Waals surface area contributed by atoms with Crippen LogP contribution in [-0.4, -0.2) is 51.5 Å². The first-order valence-electron chi connectivity index (χ1n) is 8.75. The molecule has 0 radical (unpaired) electrons. The van der Waals surface area contributed by atoms with Gasteiger partial charge in [-0.3, -0.25) is 4.98 Å². The zero-order chi connectivity index (χ0) is 18.1. The van der Waals surface area contributed by atoms with Gasteiger partial charge in [0.25, 0.3) is 0 Å². The standard InChI is InChI=1S/C19H26N2O4/c1-18(2,3)25-17(23)21-10-7-19(8-11-21)13-14(22)12-16(24-19)15-6-4-5-9-20-15/h4-6,9,12,14,22H,7-8,10-11,13H2,1-3H3. The van der Waals surface area contributed by atoms with E-state index in [1.54, 1.807) is 17.2 Å². The third-order valence-corrected chi connectivity index (χ3v) is 4.50. The van der Waals surface area contributed by atoms with Crippen LogP contribution in [0.5, 0.6) is 0 Å². The second-order valence-corrected chi connectivity index (χ2v) is 7.77. The minimum absolute atomic E-state index is 0.292. The molecule has 3 heterocycles. The van der Waals surface area contributed by atoms with Crippen molar-refractivity contribution in [2.75, 3.05) is 13.1 Å². The van der Waals surface area contributed by atoms with Crippen LogP contribution in [0.25, 0.3) is 5.76 Å². The summed E-state index contributed by atoms with van der Waals surface area (Å²) in [6.45, 7) is 6.69. The van der Waals surface area contributed by atoms with Crippen molar-refractivity contribution in [2.45, 2.75) is 57.3 Å². The third kappa shape index (κ3) is 4.31. The largest absolute Gasteiger partial charge is 0.485 e. The van der Waals surface area contributed by atoms with Crippen LogP contribution < -0.4 is 0 Å². The number of aromatic nitrogens is 1. The summed E-state index contributed by atoms with van der Waals surface area (Å²) in [6, 6.07) is 5.61. The Morgan fingerprint density at radius 2 is 2.08 bits per heavy atom. The minimum atomic E-state index is -0.571. The van der Waals surface area contributed by atoms with E-state index in [-0.39, 0.29) is 6.09 Å². The fourth-order valence-corrected chi connectivity index (χ4v) is 3.30. The highest BCUT2D eigenvalue weighted by Gasteiger charge is 2.43. The lowest BCUT2D eigenvalue weighted by Gasteiger charge is -2.45. The number of carbonyl (C=O) groups is 1. The van der Waals surface area contributed by atoms with Crippen molar-refractivity contribution in [1.82, 2.24) is 9.88 Å². The van der Waals surface area contributed by atoms with E-state index in [0.29, 0.717) is 38.1 Å². The number of aliphatic hydroxyl groups excluding tert-OH is 1. The molecular weight excluding hydrogens is 320 g/mol. The van der Waals surface area contributed by atoms with Gasteiger partial charge in [-0.2, -0.15) is 0 Å². The quantitative estimate of drug-likeness (QED) is 0.846. The topological polar surface area (TPSA) is 71.9 Å². The molecule has 1 spiro atoms. The SMILES string of the molecule is CC(C)(C)OC(=O)N1CCC2(CC1)CC(O)C=C(c1ccccn1)O2. The number of piperidine rings is 1. The molecule has 0 saturated carbocycles. The molecule has 1 saturated heterocycles. The lowest BCUT2D eigenvalue weighted by atomic mass is 9.84. The zero-order valence-electron chi connectivity index (χ0n) is 15.1. The molecule has 1 aromatic rings. The van der Waals surface area contributed by atoms with Gasteiger partial charge in [-0.25, -0.2) is 4.79 Å². The maximum Gasteiger partial charge on any atom is 0.410 e. The van der Waals surface area contributed by atoms with Crippen LogP contribution in [0.2, 0.25) is 0 Å². The predicted molar refractivity (Wildman–Crippen MR) is 93.7 cm³/mol. The molecule has 1 atom stereocenters. The van der Waals surface area contributed by atoms with E-state index >= 15 is 0 Å². The number of likely N-dealkylation sites (tertiary alicyclic amines) is 1. The maximum atomic E-state index is 12.2. The Hall–Kier alpha value is -2.08. The van der Waals surface area contributed by atoms with E-state index in [0.717, 1.165) is 5.69 Å². The van der Waals surface area contributed by atoms with Crippen LogP contribution in [0.4, 0.5) is 4.79 Å². The molecule has 2 aliphatic heterocycles. The van der Waals surface area contributed by atoms with Gasteiger partial charge in [-0.1, -0.05) is 6.07 Å². The van der Waals surface area contributed by atoms with Crippen LogP contribution >= 0.6 is 0 Å². The average Bonchev–Trinajstić information content (AvgIpc) is 2.54. The number of aliphatic hydroxyl groups is 1. The smallest absolute Gasteiger partial charge is 0.410 e. The number of amides is 1. The fraction of sp³-hybridized carbons (Fsp3) is 0.579. The summed E-state index contributed by atoms with van der Waals surface area (Å²) >= 11 is 0. The van der Waals surface area contributed by atoms with E-state index in [1.807, 2.05) is 39.0 Å². The van der Waals surface area contributed by atoms with Crippen molar-refractivity contribution in [3.63, 3.8) is 0 Å². The molecule has 1 N–H and O–H groups in total. The van der Waals surface area contributed by atoms with E-state index in [4.69, 9.17) is 9.47 Å². The second-order valence-electron chi connectivity index (χ2n) is 7.77. The van der Waals surface area contributed by atoms with Crippen molar-refractivity contribution in [1.29, 1.82) is 0 Å². The van der Waals surface area contributed by atoms with Gasteiger partial charge in [-0.15, -0.1) is 0 Å². The van der Waals surface area contributed by atoms with Crippen LogP contribution in [0.3, 0.4) is 0 Å². The van der Waals surface area contributed by atoms with Crippen LogP contribution in [0, 0.1) is 0 Å². The van der Waals surface area contributed by atoms with E-state index in [9.17, 15) is 9.90 Å². The zero-order valence-corrected chi connectivity index (χ0v) is 15.1. The van der Waals surface area contributed by atoms with Gasteiger partial charge >= 0.3 is 6.09 Å². The molecule has 0 aromatic carbocycles. The van der Waals surface area contributed by atoms with Crippen LogP contribution in [-0.2, 0) is 9.47 Å². The molecule has 3 rings (SSSR count). The van der Waals surface area contributed by atoms with Crippen molar-refractivity contribution >= 4 is 11.9 Å². The highest BCUT2D eigenvalue weighted by Crippen LogP contribution is 2.39. The summed E-state index contributed by atoms with van der Waals surface area (Å²) in [5.74, 6) is 0.616. The molecule has 6 nitrogen and oxygen atoms in total. The molecule has 1 unspecified atom stereocenters. The Morgan fingerprint density at radius 3 is 2.68 bits per heavy atom. The first-order chi connectivity index (χ1) is 11.8. The van der Waals surface area contributed by atoms with Crippen LogP contribution in [0.1, 0.15) is 45.7 Å². The van der Waals surface area contributed by atoms with Gasteiger partial charge in [0, 0.05) is 38.5 Å². The van der Waals surface area contributed by atoms with Gasteiger partial charge < -0.3 is 19.5 Å². The number of hydrogen-bond acceptors (Lipinski definition) is 5. The molecule has 1 amide bonds. The number of hydrogen-bond donors (Lipinski definition) is 1. The monoisotopic (exact) mass is 346 g/mol. The lowest BCUT2D eigenvalue weighted by Crippen LogP contribution is -2.51. The van der Waals surface area contributed by atoms with E-state index < -0.39 is 17.3 Å². The van der Waals surface area contributed by atoms with Crippen molar-refractivity contribution in [3.8, 4) is 0 Å². The van der Waals surface area contributed by atoms with Gasteiger partial charge in [0.15, 0.2) is 0 Å². The highest BCUT2D eigenvalue weighted by atomic mass is 16.6. The molecule has 136 valence electrons. The summed E-state index contributed by atoms with van der Waals surface area (Å²) in [5.41, 5.74) is -0.242. The fourth-order valence-electron chi connectivity index (χ4n) is 3.30. The molecule has 2 aliphatic rings. The number of pyridine rings is 1. The van der Waals surface area contributed by atoms with E-state index in [2.05, 4.69) is 4.98 Å². The second kappa shape index (κ2) is 6.67. The molecule has 1 aromatic heterocycles. The summed E-state index contributed by atoms with van der Waals surface area (Å²) < 4.78 is 11.7. The minimum Gasteiger partial charge on any atom is -0.485 e. The van der Waals surface area contributed by atoms with Crippen molar-refractivity contribution in [2.24, 2.45) is 0 Å². The molecule has 1 fully saturated rings. The van der Waals surface area contributed by atoms with Gasteiger partial charge in [0.1, 0.15) is 22.7 Å². The number of nitrogens with zero attached hydrogens (tertiary/aromatic N) is 2. The van der Waals surface area contributed by atoms with Gasteiger partial charge in [0.2, 0.25) is 0 Å². The molecule has 25 heavy (non-hydrogen) atoms.